The van der Waals surface area contributed by atoms with Gasteiger partial charge in [0.15, 0.2) is 23.7 Å². The number of ether oxygens (including phenoxy) is 10. The van der Waals surface area contributed by atoms with E-state index in [9.17, 15) is 28.8 Å². The standard InChI is InChI=1S/C46H42O16/c1-7-39(47)57-29-15-11-27(12-16-29)43(49)60-33-22-34(53-9-3)32(19-26(33)6)46(52)62-38-24-56-41-37(23-55-42(38)41)61-44(50)28-13-17-30(18-14-28)58-45(51)31-21-35(54-10-4)36(20-25(31)5)59-40(48)8-2/h7-8,11-22,37-38,41-42H,1-2,9-10,23-24H2,3-6H3/t37-,38-,41-,42-/m1/s1. The van der Waals surface area contributed by atoms with Gasteiger partial charge in [0.1, 0.15) is 40.8 Å². The van der Waals surface area contributed by atoms with Crippen molar-refractivity contribution >= 4 is 35.8 Å². The molecule has 62 heavy (non-hydrogen) atoms. The topological polar surface area (TPSA) is 195 Å². The Morgan fingerprint density at radius 3 is 1.66 bits per heavy atom. The van der Waals surface area contributed by atoms with Crippen molar-refractivity contribution < 1.29 is 76.1 Å². The third-order valence-corrected chi connectivity index (χ3v) is 9.44. The zero-order valence-electron chi connectivity index (χ0n) is 34.2. The maximum absolute atomic E-state index is 13.6. The predicted molar refractivity (Wildman–Crippen MR) is 217 cm³/mol. The summed E-state index contributed by atoms with van der Waals surface area (Å²) in [5.74, 6) is -3.25. The molecule has 2 heterocycles. The molecule has 16 heteroatoms. The lowest BCUT2D eigenvalue weighted by Crippen LogP contribution is -2.36. The minimum absolute atomic E-state index is 0.0223. The molecule has 0 amide bonds. The number of benzene rings is 4. The van der Waals surface area contributed by atoms with E-state index in [-0.39, 0.29) is 83.2 Å². The van der Waals surface area contributed by atoms with Gasteiger partial charge >= 0.3 is 35.8 Å². The summed E-state index contributed by atoms with van der Waals surface area (Å²) in [5.41, 5.74) is 1.49. The Morgan fingerprint density at radius 2 is 1.08 bits per heavy atom. The average Bonchev–Trinajstić information content (AvgIpc) is 3.85. The summed E-state index contributed by atoms with van der Waals surface area (Å²) in [6.45, 7) is 13.9. The van der Waals surface area contributed by atoms with Gasteiger partial charge in [-0.05, 0) is 106 Å². The summed E-state index contributed by atoms with van der Waals surface area (Å²) in [4.78, 5) is 76.0. The van der Waals surface area contributed by atoms with Crippen LogP contribution in [0.3, 0.4) is 0 Å². The highest BCUT2D eigenvalue weighted by atomic mass is 16.7. The molecule has 0 spiro atoms. The molecule has 0 aromatic heterocycles. The van der Waals surface area contributed by atoms with Crippen molar-refractivity contribution in [1.29, 1.82) is 0 Å². The maximum atomic E-state index is 13.6. The summed E-state index contributed by atoms with van der Waals surface area (Å²) in [5, 5.41) is 0. The zero-order valence-corrected chi connectivity index (χ0v) is 34.2. The third-order valence-electron chi connectivity index (χ3n) is 9.44. The minimum Gasteiger partial charge on any atom is -0.493 e. The van der Waals surface area contributed by atoms with Crippen molar-refractivity contribution in [3.63, 3.8) is 0 Å². The molecular formula is C46H42O16. The van der Waals surface area contributed by atoms with Crippen LogP contribution in [0.4, 0.5) is 0 Å². The van der Waals surface area contributed by atoms with E-state index in [0.29, 0.717) is 11.1 Å². The van der Waals surface area contributed by atoms with Crippen LogP contribution >= 0.6 is 0 Å². The van der Waals surface area contributed by atoms with E-state index in [0.717, 1.165) is 12.2 Å². The van der Waals surface area contributed by atoms with E-state index in [4.69, 9.17) is 47.4 Å². The summed E-state index contributed by atoms with van der Waals surface area (Å²) in [6, 6.07) is 17.3. The molecule has 2 fully saturated rings. The molecule has 4 aromatic rings. The molecule has 2 saturated heterocycles. The van der Waals surface area contributed by atoms with Crippen molar-refractivity contribution in [2.24, 2.45) is 0 Å². The van der Waals surface area contributed by atoms with Gasteiger partial charge in [0.25, 0.3) is 0 Å². The van der Waals surface area contributed by atoms with Crippen molar-refractivity contribution in [2.45, 2.75) is 52.1 Å². The van der Waals surface area contributed by atoms with Crippen molar-refractivity contribution in [3.8, 4) is 34.5 Å². The highest BCUT2D eigenvalue weighted by molar-refractivity contribution is 5.96. The van der Waals surface area contributed by atoms with Crippen LogP contribution < -0.4 is 28.4 Å². The lowest BCUT2D eigenvalue weighted by molar-refractivity contribution is -0.129. The first kappa shape index (κ1) is 44.3. The van der Waals surface area contributed by atoms with Crippen LogP contribution in [0.5, 0.6) is 34.5 Å². The van der Waals surface area contributed by atoms with Gasteiger partial charge in [0.05, 0.1) is 43.1 Å². The molecule has 16 nitrogen and oxygen atoms in total. The summed E-state index contributed by atoms with van der Waals surface area (Å²) in [7, 11) is 0. The Kier molecular flexibility index (Phi) is 14.2. The summed E-state index contributed by atoms with van der Waals surface area (Å²) < 4.78 is 56.0. The van der Waals surface area contributed by atoms with E-state index < -0.39 is 60.2 Å². The number of fused-ring (bicyclic) bond motifs is 1. The quantitative estimate of drug-likeness (QED) is 0.0695. The number of carbonyl (C=O) groups is 6. The van der Waals surface area contributed by atoms with Crippen molar-refractivity contribution in [1.82, 2.24) is 0 Å². The Bertz CT molecular complexity index is 2380. The zero-order chi connectivity index (χ0) is 44.5. The molecule has 322 valence electrons. The van der Waals surface area contributed by atoms with Gasteiger partial charge in [-0.25, -0.2) is 28.8 Å². The van der Waals surface area contributed by atoms with Crippen LogP contribution in [0.1, 0.15) is 66.4 Å². The highest BCUT2D eigenvalue weighted by Gasteiger charge is 2.51. The van der Waals surface area contributed by atoms with Crippen LogP contribution in [0, 0.1) is 13.8 Å². The molecule has 2 aliphatic heterocycles. The fourth-order valence-electron chi connectivity index (χ4n) is 6.43. The van der Waals surface area contributed by atoms with E-state index >= 15 is 0 Å². The second-order valence-electron chi connectivity index (χ2n) is 13.7. The molecule has 0 N–H and O–H groups in total. The van der Waals surface area contributed by atoms with Gasteiger partial charge in [-0.15, -0.1) is 0 Å². The molecule has 6 rings (SSSR count). The number of hydrogen-bond donors (Lipinski definition) is 0. The molecule has 0 saturated carbocycles. The van der Waals surface area contributed by atoms with Gasteiger partial charge in [-0.1, -0.05) is 13.2 Å². The van der Waals surface area contributed by atoms with Gasteiger partial charge in [0, 0.05) is 18.2 Å². The number of carbonyl (C=O) groups excluding carboxylic acids is 6. The normalized spacial score (nSPS) is 17.4. The highest BCUT2D eigenvalue weighted by Crippen LogP contribution is 2.35. The molecule has 0 unspecified atom stereocenters. The van der Waals surface area contributed by atoms with Crippen LogP contribution in [-0.2, 0) is 28.5 Å². The van der Waals surface area contributed by atoms with Crippen LogP contribution in [0.2, 0.25) is 0 Å². The lowest BCUT2D eigenvalue weighted by atomic mass is 10.1. The Hall–Kier alpha value is -7.30. The van der Waals surface area contributed by atoms with Gasteiger partial charge in [-0.3, -0.25) is 0 Å². The molecule has 4 atom stereocenters. The summed E-state index contributed by atoms with van der Waals surface area (Å²) in [6.07, 6.45) is -1.11. The summed E-state index contributed by atoms with van der Waals surface area (Å²) >= 11 is 0. The third kappa shape index (κ3) is 10.3. The monoisotopic (exact) mass is 850 g/mol. The largest absolute Gasteiger partial charge is 0.493 e. The van der Waals surface area contributed by atoms with Crippen molar-refractivity contribution in [2.75, 3.05) is 26.4 Å². The molecule has 0 bridgehead atoms. The Balaban J connectivity index is 1.04. The van der Waals surface area contributed by atoms with Crippen LogP contribution in [-0.4, -0.2) is 86.7 Å². The molecular weight excluding hydrogens is 808 g/mol. The fraction of sp³-hybridized carbons (Fsp3) is 0.261. The van der Waals surface area contributed by atoms with E-state index in [2.05, 4.69) is 13.2 Å². The first-order valence-electron chi connectivity index (χ1n) is 19.3. The van der Waals surface area contributed by atoms with Gasteiger partial charge < -0.3 is 47.4 Å². The second-order valence-corrected chi connectivity index (χ2v) is 13.7. The second kappa shape index (κ2) is 19.8. The number of rotatable bonds is 16. The smallest absolute Gasteiger partial charge is 0.343 e. The molecule has 2 aliphatic rings. The first-order chi connectivity index (χ1) is 29.8. The van der Waals surface area contributed by atoms with Gasteiger partial charge in [0.2, 0.25) is 0 Å². The number of esters is 6. The van der Waals surface area contributed by atoms with Crippen molar-refractivity contribution in [3.05, 3.63) is 131 Å². The Labute approximate surface area is 355 Å². The number of hydrogen-bond acceptors (Lipinski definition) is 16. The van der Waals surface area contributed by atoms with E-state index in [1.165, 1.54) is 72.8 Å². The Morgan fingerprint density at radius 1 is 0.548 bits per heavy atom. The molecule has 4 aromatic carbocycles. The van der Waals surface area contributed by atoms with Crippen LogP contribution in [0.25, 0.3) is 0 Å². The van der Waals surface area contributed by atoms with E-state index in [1.807, 2.05) is 0 Å². The average molecular weight is 851 g/mol. The van der Waals surface area contributed by atoms with Crippen LogP contribution in [0.15, 0.2) is 98.1 Å². The lowest BCUT2D eigenvalue weighted by Gasteiger charge is -2.19. The molecule has 0 radical (unpaired) electrons. The predicted octanol–water partition coefficient (Wildman–Crippen LogP) is 6.27. The first-order valence-corrected chi connectivity index (χ1v) is 19.3. The maximum Gasteiger partial charge on any atom is 0.343 e. The minimum atomic E-state index is -0.849. The molecule has 0 aliphatic carbocycles. The van der Waals surface area contributed by atoms with E-state index in [1.54, 1.807) is 27.7 Å². The number of aryl methyl sites for hydroxylation is 2. The fourth-order valence-corrected chi connectivity index (χ4v) is 6.43. The SMILES string of the molecule is C=CC(=O)Oc1ccc(C(=O)Oc2cc(OCC)c(C(=O)O[C@@H]3CO[C@H]4[C@@H]3OC[C@H]4OC(=O)c3ccc(OC(=O)c4cc(OCC)c(OC(=O)C=C)cc4C)cc3)cc2C)cc1. The van der Waals surface area contributed by atoms with Gasteiger partial charge in [-0.2, -0.15) is 0 Å².